The van der Waals surface area contributed by atoms with Crippen LogP contribution < -0.4 is 15.0 Å². The Morgan fingerprint density at radius 1 is 1.13 bits per heavy atom. The van der Waals surface area contributed by atoms with Gasteiger partial charge in [0.05, 0.1) is 12.2 Å². The number of carbonyl (C=O) groups excluding carboxylic acids is 1. The number of aliphatic imine (C=N–C) groups is 1. The SMILES string of the molecule is CCOc1ccc(NC(=O)c2c(/N=C/c3ccc(N(C)C)cc3)sc3c2CCC3)cc1. The summed E-state index contributed by atoms with van der Waals surface area (Å²) in [6, 6.07) is 15.7. The van der Waals surface area contributed by atoms with E-state index in [4.69, 9.17) is 9.73 Å². The average Bonchev–Trinajstić information content (AvgIpc) is 3.35. The van der Waals surface area contributed by atoms with Crippen LogP contribution in [0, 0.1) is 0 Å². The zero-order valence-corrected chi connectivity index (χ0v) is 19.0. The third-order valence-electron chi connectivity index (χ3n) is 5.29. The van der Waals surface area contributed by atoms with E-state index in [1.54, 1.807) is 11.3 Å². The highest BCUT2D eigenvalue weighted by molar-refractivity contribution is 7.16. The lowest BCUT2D eigenvalue weighted by Crippen LogP contribution is -2.13. The molecular formula is C25H27N3O2S. The maximum atomic E-state index is 13.2. The molecule has 0 unspecified atom stereocenters. The highest BCUT2D eigenvalue weighted by Gasteiger charge is 2.26. The molecule has 0 radical (unpaired) electrons. The van der Waals surface area contributed by atoms with Crippen LogP contribution in [0.5, 0.6) is 5.75 Å². The Morgan fingerprint density at radius 2 is 1.87 bits per heavy atom. The van der Waals surface area contributed by atoms with Crippen molar-refractivity contribution in [2.75, 3.05) is 30.9 Å². The van der Waals surface area contributed by atoms with Gasteiger partial charge in [-0.2, -0.15) is 0 Å². The summed E-state index contributed by atoms with van der Waals surface area (Å²) in [6.45, 7) is 2.57. The van der Waals surface area contributed by atoms with Gasteiger partial charge >= 0.3 is 0 Å². The van der Waals surface area contributed by atoms with Gasteiger partial charge in [0.25, 0.3) is 5.91 Å². The van der Waals surface area contributed by atoms with Crippen molar-refractivity contribution in [3.63, 3.8) is 0 Å². The number of ether oxygens (including phenoxy) is 1. The van der Waals surface area contributed by atoms with Crippen LogP contribution in [0.4, 0.5) is 16.4 Å². The number of amides is 1. The molecule has 4 rings (SSSR count). The number of benzene rings is 2. The van der Waals surface area contributed by atoms with Crippen LogP contribution in [0.3, 0.4) is 0 Å². The average molecular weight is 434 g/mol. The predicted molar refractivity (Wildman–Crippen MR) is 130 cm³/mol. The molecule has 0 spiro atoms. The number of aryl methyl sites for hydroxylation is 1. The maximum absolute atomic E-state index is 13.2. The molecule has 2 aromatic carbocycles. The summed E-state index contributed by atoms with van der Waals surface area (Å²) in [5, 5.41) is 3.82. The molecule has 0 saturated heterocycles. The molecule has 0 saturated carbocycles. The molecule has 1 aliphatic rings. The van der Waals surface area contributed by atoms with Gasteiger partial charge in [-0.25, -0.2) is 4.99 Å². The van der Waals surface area contributed by atoms with Crippen molar-refractivity contribution >= 4 is 39.8 Å². The fourth-order valence-corrected chi connectivity index (χ4v) is 4.93. The van der Waals surface area contributed by atoms with Crippen LogP contribution in [0.2, 0.25) is 0 Å². The van der Waals surface area contributed by atoms with Gasteiger partial charge in [0.2, 0.25) is 0 Å². The minimum atomic E-state index is -0.0985. The summed E-state index contributed by atoms with van der Waals surface area (Å²) in [7, 11) is 4.04. The highest BCUT2D eigenvalue weighted by atomic mass is 32.1. The van der Waals surface area contributed by atoms with Crippen molar-refractivity contribution in [1.82, 2.24) is 0 Å². The summed E-state index contributed by atoms with van der Waals surface area (Å²) >= 11 is 1.64. The van der Waals surface area contributed by atoms with Gasteiger partial charge in [-0.3, -0.25) is 4.79 Å². The van der Waals surface area contributed by atoms with Gasteiger partial charge < -0.3 is 15.0 Å². The van der Waals surface area contributed by atoms with Crippen LogP contribution in [0.15, 0.2) is 53.5 Å². The molecule has 0 bridgehead atoms. The number of anilines is 2. The molecule has 160 valence electrons. The monoisotopic (exact) mass is 433 g/mol. The lowest BCUT2D eigenvalue weighted by Gasteiger charge is -2.11. The summed E-state index contributed by atoms with van der Waals surface area (Å²) in [5.41, 5.74) is 4.77. The first-order valence-electron chi connectivity index (χ1n) is 10.6. The van der Waals surface area contributed by atoms with Crippen molar-refractivity contribution in [1.29, 1.82) is 0 Å². The third-order valence-corrected chi connectivity index (χ3v) is 6.49. The van der Waals surface area contributed by atoms with Gasteiger partial charge in [-0.1, -0.05) is 12.1 Å². The molecular weight excluding hydrogens is 406 g/mol. The van der Waals surface area contributed by atoms with E-state index in [0.717, 1.165) is 52.5 Å². The number of nitrogens with one attached hydrogen (secondary N) is 1. The summed E-state index contributed by atoms with van der Waals surface area (Å²) in [4.78, 5) is 21.2. The Kier molecular flexibility index (Phi) is 6.37. The van der Waals surface area contributed by atoms with E-state index in [1.807, 2.05) is 63.6 Å². The van der Waals surface area contributed by atoms with Crippen LogP contribution in [-0.4, -0.2) is 32.8 Å². The Labute approximate surface area is 187 Å². The van der Waals surface area contributed by atoms with Gasteiger partial charge in [0, 0.05) is 36.6 Å². The number of hydrogen-bond donors (Lipinski definition) is 1. The maximum Gasteiger partial charge on any atom is 0.259 e. The van der Waals surface area contributed by atoms with Crippen molar-refractivity contribution in [2.24, 2.45) is 4.99 Å². The van der Waals surface area contributed by atoms with Crippen LogP contribution in [0.1, 0.15) is 39.7 Å². The van der Waals surface area contributed by atoms with E-state index in [1.165, 1.54) is 4.88 Å². The second-order valence-corrected chi connectivity index (χ2v) is 8.78. The Morgan fingerprint density at radius 3 is 2.55 bits per heavy atom. The minimum Gasteiger partial charge on any atom is -0.494 e. The first kappa shape index (κ1) is 21.1. The summed E-state index contributed by atoms with van der Waals surface area (Å²) in [6.07, 6.45) is 4.90. The molecule has 6 heteroatoms. The third kappa shape index (κ3) is 4.80. The van der Waals surface area contributed by atoms with E-state index < -0.39 is 0 Å². The summed E-state index contributed by atoms with van der Waals surface area (Å²) in [5.74, 6) is 0.696. The Hall–Kier alpha value is -3.12. The van der Waals surface area contributed by atoms with Gasteiger partial charge in [-0.05, 0) is 73.7 Å². The van der Waals surface area contributed by atoms with Crippen molar-refractivity contribution < 1.29 is 9.53 Å². The van der Waals surface area contributed by atoms with Crippen LogP contribution in [-0.2, 0) is 12.8 Å². The number of carbonyl (C=O) groups is 1. The number of nitrogens with zero attached hydrogens (tertiary/aromatic N) is 2. The molecule has 0 aliphatic heterocycles. The standard InChI is InChI=1S/C25H27N3O2S/c1-4-30-20-14-10-18(11-15-20)27-24(29)23-21-6-5-7-22(21)31-25(23)26-16-17-8-12-19(13-9-17)28(2)3/h8-16H,4-7H2,1-3H3,(H,27,29)/b26-16+. The lowest BCUT2D eigenvalue weighted by atomic mass is 10.1. The van der Waals surface area contributed by atoms with Crippen molar-refractivity contribution in [3.05, 3.63) is 70.1 Å². The number of hydrogen-bond acceptors (Lipinski definition) is 5. The molecule has 0 atom stereocenters. The zero-order chi connectivity index (χ0) is 21.8. The molecule has 1 aromatic heterocycles. The summed E-state index contributed by atoms with van der Waals surface area (Å²) < 4.78 is 5.48. The van der Waals surface area contributed by atoms with E-state index in [0.29, 0.717) is 12.2 Å². The van der Waals surface area contributed by atoms with Gasteiger partial charge in [-0.15, -0.1) is 11.3 Å². The van der Waals surface area contributed by atoms with E-state index in [9.17, 15) is 4.79 Å². The Bertz CT molecular complexity index is 1080. The molecule has 0 fully saturated rings. The highest BCUT2D eigenvalue weighted by Crippen LogP contribution is 2.41. The first-order chi connectivity index (χ1) is 15.0. The fourth-order valence-electron chi connectivity index (χ4n) is 3.70. The largest absolute Gasteiger partial charge is 0.494 e. The van der Waals surface area contributed by atoms with Gasteiger partial charge in [0.1, 0.15) is 10.8 Å². The number of fused-ring (bicyclic) bond motifs is 1. The smallest absolute Gasteiger partial charge is 0.259 e. The van der Waals surface area contributed by atoms with E-state index in [2.05, 4.69) is 22.3 Å². The lowest BCUT2D eigenvalue weighted by molar-refractivity contribution is 0.102. The first-order valence-corrected chi connectivity index (χ1v) is 11.4. The molecule has 5 nitrogen and oxygen atoms in total. The molecule has 1 heterocycles. The van der Waals surface area contributed by atoms with E-state index in [-0.39, 0.29) is 5.91 Å². The topological polar surface area (TPSA) is 53.9 Å². The number of rotatable bonds is 7. The predicted octanol–water partition coefficient (Wildman–Crippen LogP) is 5.70. The normalized spacial score (nSPS) is 12.7. The zero-order valence-electron chi connectivity index (χ0n) is 18.1. The van der Waals surface area contributed by atoms with Crippen molar-refractivity contribution in [3.8, 4) is 5.75 Å². The second-order valence-electron chi connectivity index (χ2n) is 7.69. The molecule has 1 amide bonds. The minimum absolute atomic E-state index is 0.0985. The van der Waals surface area contributed by atoms with Gasteiger partial charge in [0.15, 0.2) is 0 Å². The molecule has 3 aromatic rings. The second kappa shape index (κ2) is 9.35. The number of thiophene rings is 1. The Balaban J connectivity index is 1.56. The van der Waals surface area contributed by atoms with E-state index >= 15 is 0 Å². The quantitative estimate of drug-likeness (QED) is 0.486. The van der Waals surface area contributed by atoms with Crippen LogP contribution >= 0.6 is 11.3 Å². The van der Waals surface area contributed by atoms with Crippen molar-refractivity contribution in [2.45, 2.75) is 26.2 Å². The molecule has 1 aliphatic carbocycles. The molecule has 1 N–H and O–H groups in total. The van der Waals surface area contributed by atoms with Crippen LogP contribution in [0.25, 0.3) is 0 Å². The fraction of sp³-hybridized carbons (Fsp3) is 0.280. The molecule has 31 heavy (non-hydrogen) atoms.